The van der Waals surface area contributed by atoms with Gasteiger partial charge in [0.05, 0.1) is 13.7 Å². The fourth-order valence-electron chi connectivity index (χ4n) is 3.26. The number of likely N-dealkylation sites (tertiary alicyclic amines) is 1. The third-order valence-corrected chi connectivity index (χ3v) is 4.55. The fourth-order valence-corrected chi connectivity index (χ4v) is 3.26. The van der Waals surface area contributed by atoms with Crippen LogP contribution in [0.2, 0.25) is 0 Å². The van der Waals surface area contributed by atoms with Crippen molar-refractivity contribution in [2.75, 3.05) is 19.0 Å². The summed E-state index contributed by atoms with van der Waals surface area (Å²) in [6.45, 7) is 4.75. The molecule has 162 valence electrons. The van der Waals surface area contributed by atoms with Gasteiger partial charge < -0.3 is 24.9 Å². The first kappa shape index (κ1) is 21.4. The highest BCUT2D eigenvalue weighted by atomic mass is 19.1. The summed E-state index contributed by atoms with van der Waals surface area (Å²) in [7, 11) is 1.47. The van der Waals surface area contributed by atoms with E-state index in [1.807, 2.05) is 0 Å². The van der Waals surface area contributed by atoms with Gasteiger partial charge >= 0.3 is 6.09 Å². The van der Waals surface area contributed by atoms with Crippen LogP contribution < -0.4 is 15.8 Å². The number of furan rings is 1. The number of nitrogens with two attached hydrogens (primary N) is 1. The molecule has 1 saturated heterocycles. The van der Waals surface area contributed by atoms with E-state index in [9.17, 15) is 18.8 Å². The average molecular weight is 421 g/mol. The summed E-state index contributed by atoms with van der Waals surface area (Å²) in [6, 6.07) is 3.64. The Hall–Kier alpha value is -3.30. The van der Waals surface area contributed by atoms with Crippen LogP contribution in [-0.2, 0) is 9.53 Å². The van der Waals surface area contributed by atoms with Gasteiger partial charge in [-0.1, -0.05) is 0 Å². The molecule has 10 heteroatoms. The number of hydrogen-bond acceptors (Lipinski definition) is 6. The fraction of sp³-hybridized carbons (Fsp3) is 0.450. The number of anilines is 1. The van der Waals surface area contributed by atoms with Crippen LogP contribution in [-0.4, -0.2) is 54.3 Å². The van der Waals surface area contributed by atoms with E-state index in [4.69, 9.17) is 19.6 Å². The van der Waals surface area contributed by atoms with Gasteiger partial charge in [0.2, 0.25) is 11.7 Å². The Morgan fingerprint density at radius 3 is 2.60 bits per heavy atom. The van der Waals surface area contributed by atoms with Gasteiger partial charge in [0, 0.05) is 11.8 Å². The predicted molar refractivity (Wildman–Crippen MR) is 106 cm³/mol. The van der Waals surface area contributed by atoms with Crippen LogP contribution in [0.25, 0.3) is 11.0 Å². The molecule has 3 N–H and O–H groups in total. The standard InChI is InChI=1S/C20H24FN3O6/c1-20(2,3)30-19(27)24-9-10(21)7-13(24)18(26)23-15-12-8-11(28-4)5-6-14(12)29-16(15)17(22)25/h5-6,8,10,13H,7,9H2,1-4H3,(H2,22,25)(H,23,26)/t10-,13+/m0/s1. The molecule has 0 bridgehead atoms. The number of rotatable bonds is 4. The van der Waals surface area contributed by atoms with Gasteiger partial charge in [0.1, 0.15) is 34.8 Å². The van der Waals surface area contributed by atoms with Gasteiger partial charge in [0.15, 0.2) is 0 Å². The molecule has 3 amide bonds. The van der Waals surface area contributed by atoms with Crippen molar-refractivity contribution in [3.8, 4) is 5.75 Å². The average Bonchev–Trinajstić information content (AvgIpc) is 3.21. The maximum Gasteiger partial charge on any atom is 0.411 e. The summed E-state index contributed by atoms with van der Waals surface area (Å²) in [4.78, 5) is 38.3. The normalized spacial score (nSPS) is 19.0. The maximum atomic E-state index is 14.1. The van der Waals surface area contributed by atoms with Crippen molar-refractivity contribution in [3.63, 3.8) is 0 Å². The number of ether oxygens (including phenoxy) is 2. The lowest BCUT2D eigenvalue weighted by Crippen LogP contribution is -2.45. The van der Waals surface area contributed by atoms with Gasteiger partial charge in [-0.3, -0.25) is 14.5 Å². The lowest BCUT2D eigenvalue weighted by Gasteiger charge is -2.27. The molecule has 2 aromatic rings. The third kappa shape index (κ3) is 4.32. The van der Waals surface area contributed by atoms with Gasteiger partial charge in [-0.25, -0.2) is 9.18 Å². The molecule has 1 aliphatic heterocycles. The number of nitrogens with zero attached hydrogens (tertiary/aromatic N) is 1. The topological polar surface area (TPSA) is 124 Å². The SMILES string of the molecule is COc1ccc2oc(C(N)=O)c(NC(=O)[C@H]3C[C@H](F)CN3C(=O)OC(C)(C)C)c2c1. The van der Waals surface area contributed by atoms with Crippen LogP contribution in [0.4, 0.5) is 14.9 Å². The zero-order valence-electron chi connectivity index (χ0n) is 17.2. The highest BCUT2D eigenvalue weighted by Gasteiger charge is 2.42. The Labute approximate surface area is 172 Å². The van der Waals surface area contributed by atoms with Crippen LogP contribution in [0, 0.1) is 0 Å². The zero-order chi connectivity index (χ0) is 22.2. The van der Waals surface area contributed by atoms with Crippen molar-refractivity contribution >= 4 is 34.6 Å². The first-order chi connectivity index (χ1) is 14.0. The smallest absolute Gasteiger partial charge is 0.411 e. The lowest BCUT2D eigenvalue weighted by atomic mass is 10.1. The van der Waals surface area contributed by atoms with Crippen LogP contribution >= 0.6 is 0 Å². The Bertz CT molecular complexity index is 996. The minimum atomic E-state index is -1.38. The minimum absolute atomic E-state index is 0.0350. The Kier molecular flexibility index (Phi) is 5.60. The number of halogens is 1. The summed E-state index contributed by atoms with van der Waals surface area (Å²) in [5, 5.41) is 2.96. The summed E-state index contributed by atoms with van der Waals surface area (Å²) in [5.74, 6) is -1.37. The highest BCUT2D eigenvalue weighted by molar-refractivity contribution is 6.11. The molecule has 0 saturated carbocycles. The molecule has 1 aliphatic rings. The first-order valence-corrected chi connectivity index (χ1v) is 9.35. The van der Waals surface area contributed by atoms with Gasteiger partial charge in [-0.15, -0.1) is 0 Å². The lowest BCUT2D eigenvalue weighted by molar-refractivity contribution is -0.120. The molecule has 0 unspecified atom stereocenters. The molecule has 3 rings (SSSR count). The molecule has 0 spiro atoms. The summed E-state index contributed by atoms with van der Waals surface area (Å²) in [5.41, 5.74) is 4.92. The van der Waals surface area contributed by atoms with E-state index in [-0.39, 0.29) is 24.4 Å². The van der Waals surface area contributed by atoms with E-state index in [1.165, 1.54) is 7.11 Å². The van der Waals surface area contributed by atoms with Crippen molar-refractivity contribution in [2.45, 2.75) is 45.0 Å². The van der Waals surface area contributed by atoms with Crippen molar-refractivity contribution in [3.05, 3.63) is 24.0 Å². The monoisotopic (exact) mass is 421 g/mol. The number of alkyl halides is 1. The van der Waals surface area contributed by atoms with Crippen LogP contribution in [0.1, 0.15) is 37.7 Å². The van der Waals surface area contributed by atoms with Gasteiger partial charge in [-0.05, 0) is 39.0 Å². The molecule has 2 atom stereocenters. The van der Waals surface area contributed by atoms with Crippen molar-refractivity contribution in [1.82, 2.24) is 4.90 Å². The number of nitrogens with one attached hydrogen (secondary N) is 1. The number of carbonyl (C=O) groups excluding carboxylic acids is 3. The van der Waals surface area contributed by atoms with E-state index < -0.39 is 35.7 Å². The maximum absolute atomic E-state index is 14.1. The molecule has 1 fully saturated rings. The molecular formula is C20H24FN3O6. The number of fused-ring (bicyclic) bond motifs is 1. The number of amides is 3. The second-order valence-electron chi connectivity index (χ2n) is 8.00. The van der Waals surface area contributed by atoms with Crippen molar-refractivity contribution in [1.29, 1.82) is 0 Å². The molecular weight excluding hydrogens is 397 g/mol. The summed E-state index contributed by atoms with van der Waals surface area (Å²) < 4.78 is 30.0. The van der Waals surface area contributed by atoms with Gasteiger partial charge in [-0.2, -0.15) is 0 Å². The zero-order valence-corrected chi connectivity index (χ0v) is 17.2. The third-order valence-electron chi connectivity index (χ3n) is 4.55. The highest BCUT2D eigenvalue weighted by Crippen LogP contribution is 2.34. The molecule has 1 aromatic heterocycles. The number of benzene rings is 1. The quantitative estimate of drug-likeness (QED) is 0.782. The number of methoxy groups -OCH3 is 1. The summed E-state index contributed by atoms with van der Waals surface area (Å²) >= 11 is 0. The second kappa shape index (κ2) is 7.85. The second-order valence-corrected chi connectivity index (χ2v) is 8.00. The van der Waals surface area contributed by atoms with E-state index in [0.29, 0.717) is 16.7 Å². The van der Waals surface area contributed by atoms with Crippen LogP contribution in [0.15, 0.2) is 22.6 Å². The molecule has 0 radical (unpaired) electrons. The molecule has 30 heavy (non-hydrogen) atoms. The predicted octanol–water partition coefficient (Wildman–Crippen LogP) is 2.83. The molecule has 1 aromatic carbocycles. The van der Waals surface area contributed by atoms with E-state index in [1.54, 1.807) is 39.0 Å². The largest absolute Gasteiger partial charge is 0.497 e. The van der Waals surface area contributed by atoms with E-state index in [0.717, 1.165) is 4.90 Å². The summed E-state index contributed by atoms with van der Waals surface area (Å²) in [6.07, 6.45) is -2.38. The molecule has 2 heterocycles. The van der Waals surface area contributed by atoms with Crippen molar-refractivity contribution < 1.29 is 32.7 Å². The van der Waals surface area contributed by atoms with Crippen LogP contribution in [0.3, 0.4) is 0 Å². The Morgan fingerprint density at radius 1 is 1.30 bits per heavy atom. The first-order valence-electron chi connectivity index (χ1n) is 9.35. The van der Waals surface area contributed by atoms with E-state index in [2.05, 4.69) is 5.32 Å². The number of hydrogen-bond donors (Lipinski definition) is 2. The minimum Gasteiger partial charge on any atom is -0.497 e. The molecule has 0 aliphatic carbocycles. The number of primary amides is 1. The Balaban J connectivity index is 1.92. The number of carbonyl (C=O) groups is 3. The van der Waals surface area contributed by atoms with Crippen LogP contribution in [0.5, 0.6) is 5.75 Å². The Morgan fingerprint density at radius 2 is 2.00 bits per heavy atom. The van der Waals surface area contributed by atoms with Crippen molar-refractivity contribution in [2.24, 2.45) is 5.73 Å². The van der Waals surface area contributed by atoms with E-state index >= 15 is 0 Å². The van der Waals surface area contributed by atoms with Gasteiger partial charge in [0.25, 0.3) is 5.91 Å². The molecule has 9 nitrogen and oxygen atoms in total.